The van der Waals surface area contributed by atoms with Crippen molar-refractivity contribution >= 4 is 23.2 Å². The van der Waals surface area contributed by atoms with Crippen LogP contribution in [0.1, 0.15) is 30.0 Å². The lowest BCUT2D eigenvalue weighted by atomic mass is 10.1. The number of rotatable bonds is 3. The van der Waals surface area contributed by atoms with Crippen molar-refractivity contribution in [2.75, 3.05) is 32.8 Å². The molecule has 0 spiro atoms. The highest BCUT2D eigenvalue weighted by atomic mass is 32.1. The minimum Gasteiger partial charge on any atom is -0.365 e. The Morgan fingerprint density at radius 1 is 1.26 bits per heavy atom. The van der Waals surface area contributed by atoms with Gasteiger partial charge in [0.25, 0.3) is 5.91 Å². The van der Waals surface area contributed by atoms with Crippen molar-refractivity contribution in [3.05, 3.63) is 16.1 Å². The molecule has 126 valence electrons. The number of likely N-dealkylation sites (tertiary alicyclic amines) is 1. The maximum absolute atomic E-state index is 12.5. The highest BCUT2D eigenvalue weighted by Gasteiger charge is 2.32. The quantitative estimate of drug-likeness (QED) is 0.832. The fourth-order valence-electron chi connectivity index (χ4n) is 3.10. The largest absolute Gasteiger partial charge is 0.365 e. The molecule has 0 saturated carbocycles. The first-order valence-corrected chi connectivity index (χ1v) is 9.10. The summed E-state index contributed by atoms with van der Waals surface area (Å²) in [6.07, 6.45) is 3.10. The Labute approximate surface area is 140 Å². The van der Waals surface area contributed by atoms with E-state index in [1.54, 1.807) is 16.2 Å². The first-order valence-electron chi connectivity index (χ1n) is 8.22. The molecule has 23 heavy (non-hydrogen) atoms. The fourth-order valence-corrected chi connectivity index (χ4v) is 3.71. The zero-order valence-corrected chi connectivity index (χ0v) is 14.3. The molecule has 2 fully saturated rings. The summed E-state index contributed by atoms with van der Waals surface area (Å²) in [5.41, 5.74) is 0.808. The molecular weight excluding hydrogens is 314 g/mol. The van der Waals surface area contributed by atoms with Crippen LogP contribution in [0.5, 0.6) is 0 Å². The second kappa shape index (κ2) is 7.40. The summed E-state index contributed by atoms with van der Waals surface area (Å²) in [5.74, 6) is 0.0572. The fraction of sp³-hybridized carbons (Fsp3) is 0.688. The van der Waals surface area contributed by atoms with E-state index in [1.807, 2.05) is 17.2 Å². The number of amides is 2. The highest BCUT2D eigenvalue weighted by Crippen LogP contribution is 2.15. The molecule has 2 aliphatic heterocycles. The summed E-state index contributed by atoms with van der Waals surface area (Å²) in [4.78, 5) is 32.9. The summed E-state index contributed by atoms with van der Waals surface area (Å²) in [6, 6.07) is 0. The molecule has 6 nitrogen and oxygen atoms in total. The number of piperidine rings is 1. The third kappa shape index (κ3) is 4.09. The normalized spacial score (nSPS) is 22.2. The zero-order chi connectivity index (χ0) is 16.2. The predicted molar refractivity (Wildman–Crippen MR) is 87.3 cm³/mol. The number of thiazole rings is 1. The average Bonchev–Trinajstić information content (AvgIpc) is 3.00. The van der Waals surface area contributed by atoms with Crippen molar-refractivity contribution in [1.82, 2.24) is 14.8 Å². The highest BCUT2D eigenvalue weighted by molar-refractivity contribution is 7.09. The maximum atomic E-state index is 12.5. The van der Waals surface area contributed by atoms with Crippen molar-refractivity contribution in [2.45, 2.75) is 38.7 Å². The van der Waals surface area contributed by atoms with Crippen LogP contribution in [0, 0.1) is 6.92 Å². The van der Waals surface area contributed by atoms with Crippen LogP contribution in [-0.2, 0) is 20.7 Å². The SMILES string of the molecule is Cc1nc(CC(=O)N2CCOC(C(=O)N3CCCCC3)C2)cs1. The van der Waals surface area contributed by atoms with Crippen LogP contribution in [0.25, 0.3) is 0 Å². The Hall–Kier alpha value is -1.47. The summed E-state index contributed by atoms with van der Waals surface area (Å²) in [7, 11) is 0. The monoisotopic (exact) mass is 337 g/mol. The minimum atomic E-state index is -0.511. The molecule has 0 aliphatic carbocycles. The summed E-state index contributed by atoms with van der Waals surface area (Å²) < 4.78 is 5.63. The second-order valence-corrected chi connectivity index (χ2v) is 7.18. The molecule has 3 heterocycles. The number of aryl methyl sites for hydroxylation is 1. The molecule has 0 aromatic carbocycles. The molecule has 7 heteroatoms. The number of morpholine rings is 1. The average molecular weight is 337 g/mol. The van der Waals surface area contributed by atoms with Crippen LogP contribution < -0.4 is 0 Å². The molecular formula is C16H23N3O3S. The number of hydrogen-bond donors (Lipinski definition) is 0. The van der Waals surface area contributed by atoms with Gasteiger partial charge in [-0.1, -0.05) is 0 Å². The van der Waals surface area contributed by atoms with Crippen LogP contribution in [0.15, 0.2) is 5.38 Å². The van der Waals surface area contributed by atoms with Crippen LogP contribution in [0.3, 0.4) is 0 Å². The van der Waals surface area contributed by atoms with Crippen LogP contribution in [0.4, 0.5) is 0 Å². The Morgan fingerprint density at radius 2 is 2.04 bits per heavy atom. The van der Waals surface area contributed by atoms with E-state index in [9.17, 15) is 9.59 Å². The number of ether oxygens (including phenoxy) is 1. The van der Waals surface area contributed by atoms with Crippen molar-refractivity contribution < 1.29 is 14.3 Å². The molecule has 1 aromatic rings. The van der Waals surface area contributed by atoms with E-state index >= 15 is 0 Å². The third-order valence-corrected chi connectivity index (χ3v) is 5.18. The number of aromatic nitrogens is 1. The molecule has 1 atom stereocenters. The van der Waals surface area contributed by atoms with Gasteiger partial charge in [-0.3, -0.25) is 9.59 Å². The van der Waals surface area contributed by atoms with Gasteiger partial charge in [-0.25, -0.2) is 4.98 Å². The van der Waals surface area contributed by atoms with Gasteiger partial charge in [-0.2, -0.15) is 0 Å². The topological polar surface area (TPSA) is 62.7 Å². The summed E-state index contributed by atoms with van der Waals surface area (Å²) in [5, 5.41) is 2.89. The van der Waals surface area contributed by atoms with E-state index in [-0.39, 0.29) is 11.8 Å². The van der Waals surface area contributed by atoms with Crippen molar-refractivity contribution in [1.29, 1.82) is 0 Å². The van der Waals surface area contributed by atoms with E-state index < -0.39 is 6.10 Å². The van der Waals surface area contributed by atoms with E-state index in [1.165, 1.54) is 6.42 Å². The van der Waals surface area contributed by atoms with Crippen LogP contribution >= 0.6 is 11.3 Å². The van der Waals surface area contributed by atoms with Gasteiger partial charge in [-0.15, -0.1) is 11.3 Å². The predicted octanol–water partition coefficient (Wildman–Crippen LogP) is 1.23. The molecule has 0 N–H and O–H groups in total. The Balaban J connectivity index is 1.56. The number of carbonyl (C=O) groups excluding carboxylic acids is 2. The van der Waals surface area contributed by atoms with Gasteiger partial charge in [0.2, 0.25) is 5.91 Å². The molecule has 2 amide bonds. The number of hydrogen-bond acceptors (Lipinski definition) is 5. The first kappa shape index (κ1) is 16.4. The lowest BCUT2D eigenvalue weighted by Gasteiger charge is -2.36. The Morgan fingerprint density at radius 3 is 2.74 bits per heavy atom. The lowest BCUT2D eigenvalue weighted by Crippen LogP contribution is -2.53. The standard InChI is InChI=1S/C16H23N3O3S/c1-12-17-13(11-23-12)9-15(20)19-7-8-22-14(10-19)16(21)18-5-3-2-4-6-18/h11,14H,2-10H2,1H3. The molecule has 1 aromatic heterocycles. The van der Waals surface area contributed by atoms with Gasteiger partial charge in [0.1, 0.15) is 0 Å². The summed E-state index contributed by atoms with van der Waals surface area (Å²) >= 11 is 1.55. The van der Waals surface area contributed by atoms with Crippen LogP contribution in [0.2, 0.25) is 0 Å². The smallest absolute Gasteiger partial charge is 0.253 e. The molecule has 0 radical (unpaired) electrons. The lowest BCUT2D eigenvalue weighted by molar-refractivity contribution is -0.154. The third-order valence-electron chi connectivity index (χ3n) is 4.36. The van der Waals surface area contributed by atoms with Gasteiger partial charge in [-0.05, 0) is 26.2 Å². The maximum Gasteiger partial charge on any atom is 0.253 e. The number of nitrogens with zero attached hydrogens (tertiary/aromatic N) is 3. The Bertz CT molecular complexity index is 569. The van der Waals surface area contributed by atoms with E-state index in [2.05, 4.69) is 4.98 Å². The Kier molecular flexibility index (Phi) is 5.27. The van der Waals surface area contributed by atoms with E-state index in [0.717, 1.165) is 36.6 Å². The molecule has 2 aliphatic rings. The second-order valence-electron chi connectivity index (χ2n) is 6.12. The van der Waals surface area contributed by atoms with Gasteiger partial charge >= 0.3 is 0 Å². The minimum absolute atomic E-state index is 0.0232. The molecule has 1 unspecified atom stereocenters. The van der Waals surface area contributed by atoms with Crippen molar-refractivity contribution in [2.24, 2.45) is 0 Å². The van der Waals surface area contributed by atoms with Crippen LogP contribution in [-0.4, -0.2) is 65.5 Å². The van der Waals surface area contributed by atoms with Crippen molar-refractivity contribution in [3.8, 4) is 0 Å². The number of carbonyl (C=O) groups is 2. The van der Waals surface area contributed by atoms with Gasteiger partial charge in [0.15, 0.2) is 6.10 Å². The zero-order valence-electron chi connectivity index (χ0n) is 13.5. The van der Waals surface area contributed by atoms with E-state index in [0.29, 0.717) is 26.1 Å². The first-order chi connectivity index (χ1) is 11.1. The van der Waals surface area contributed by atoms with Gasteiger partial charge in [0.05, 0.1) is 30.3 Å². The van der Waals surface area contributed by atoms with Crippen molar-refractivity contribution in [3.63, 3.8) is 0 Å². The summed E-state index contributed by atoms with van der Waals surface area (Å²) in [6.45, 7) is 4.88. The van der Waals surface area contributed by atoms with E-state index in [4.69, 9.17) is 4.74 Å². The molecule has 2 saturated heterocycles. The van der Waals surface area contributed by atoms with Gasteiger partial charge < -0.3 is 14.5 Å². The van der Waals surface area contributed by atoms with Gasteiger partial charge in [0, 0.05) is 25.0 Å². The molecule has 3 rings (SSSR count). The molecule has 0 bridgehead atoms.